The molecule has 4 rings (SSSR count). The molecule has 2 aromatic carbocycles. The fourth-order valence-corrected chi connectivity index (χ4v) is 4.52. The number of nitrogens with zero attached hydrogens (tertiary/aromatic N) is 2. The van der Waals surface area contributed by atoms with Crippen LogP contribution < -0.4 is 34.8 Å². The van der Waals surface area contributed by atoms with Gasteiger partial charge in [-0.15, -0.1) is 0 Å². The molecule has 0 atom stereocenters. The van der Waals surface area contributed by atoms with E-state index in [2.05, 4.69) is 25.9 Å². The number of nitrogens with one attached hydrogen (secondary N) is 3. The molecule has 9 nitrogen and oxygen atoms in total. The van der Waals surface area contributed by atoms with Gasteiger partial charge in [0.2, 0.25) is 5.91 Å². The average Bonchev–Trinajstić information content (AvgIpc) is 3.28. The molecule has 12 heteroatoms. The fourth-order valence-electron chi connectivity index (χ4n) is 3.54. The largest absolute Gasteiger partial charge is 1.00 e. The molecule has 0 saturated carbocycles. The van der Waals surface area contributed by atoms with Crippen LogP contribution in [-0.2, 0) is 9.59 Å². The number of fused-ring (bicyclic) bond motifs is 1. The number of carbonyl (C=O) groups is 3. The van der Waals surface area contributed by atoms with E-state index in [0.29, 0.717) is 33.8 Å². The summed E-state index contributed by atoms with van der Waals surface area (Å²) in [6, 6.07) is 13.2. The summed E-state index contributed by atoms with van der Waals surface area (Å²) in [6.45, 7) is 2.21. The summed E-state index contributed by atoms with van der Waals surface area (Å²) in [4.78, 5) is 43.5. The molecule has 0 aliphatic carbocycles. The summed E-state index contributed by atoms with van der Waals surface area (Å²) in [5, 5.41) is 16.9. The Hall–Kier alpha value is -3.78. The van der Waals surface area contributed by atoms with E-state index < -0.39 is 23.7 Å². The Kier molecular flexibility index (Phi) is 9.35. The number of carboxylic acids is 1. The van der Waals surface area contributed by atoms with Crippen LogP contribution in [0.3, 0.4) is 0 Å². The van der Waals surface area contributed by atoms with Gasteiger partial charge in [-0.3, -0.25) is 19.9 Å². The number of urea groups is 1. The molecule has 4 aromatic rings. The maximum Gasteiger partial charge on any atom is 1.00 e. The Balaban J connectivity index is 0.00000253. The molecular weight excluding hydrogens is 492 g/mol. The molecule has 2 aromatic heterocycles. The van der Waals surface area contributed by atoms with Crippen LogP contribution in [0.2, 0.25) is 0 Å². The van der Waals surface area contributed by atoms with E-state index in [0.717, 1.165) is 11.3 Å². The van der Waals surface area contributed by atoms with Gasteiger partial charge in [0.05, 0.1) is 16.8 Å². The van der Waals surface area contributed by atoms with Crippen LogP contribution in [0.4, 0.5) is 20.0 Å². The Morgan fingerprint density at radius 3 is 2.57 bits per heavy atom. The third kappa shape index (κ3) is 6.71. The number of carboxylic acid groups (broad SMARTS) is 1. The second-order valence-corrected chi connectivity index (χ2v) is 8.70. The molecule has 0 saturated heterocycles. The van der Waals surface area contributed by atoms with Crippen LogP contribution in [0.1, 0.15) is 21.2 Å². The zero-order valence-corrected chi connectivity index (χ0v) is 21.0. The van der Waals surface area contributed by atoms with Crippen LogP contribution in [0.15, 0.2) is 54.7 Å². The first-order chi connectivity index (χ1) is 17.4. The molecule has 0 bridgehead atoms. The van der Waals surface area contributed by atoms with E-state index in [1.807, 2.05) is 6.07 Å². The number of hydrogen-bond donors (Lipinski definition) is 4. The average molecular weight is 515 g/mol. The number of hydrogen-bond acceptors (Lipinski definition) is 6. The minimum absolute atomic E-state index is 0. The number of pyridine rings is 1. The first kappa shape index (κ1) is 27.8. The van der Waals surface area contributed by atoms with Gasteiger partial charge < -0.3 is 17.2 Å². The van der Waals surface area contributed by atoms with Crippen molar-refractivity contribution >= 4 is 50.3 Å². The van der Waals surface area contributed by atoms with Crippen molar-refractivity contribution in [2.75, 3.05) is 17.2 Å². The van der Waals surface area contributed by atoms with Crippen LogP contribution >= 0.6 is 11.3 Å². The number of amides is 3. The molecule has 4 N–H and O–H groups in total. The molecule has 186 valence electrons. The van der Waals surface area contributed by atoms with Gasteiger partial charge >= 0.3 is 30.9 Å². The van der Waals surface area contributed by atoms with Crippen LogP contribution in [0, 0.1) is 5.82 Å². The number of carbonyl (C=O) groups excluding carboxylic acids is 2. The molecule has 0 radical (unpaired) electrons. The number of anilines is 2. The third-order valence-corrected chi connectivity index (χ3v) is 6.13. The molecule has 2 heterocycles. The predicted octanol–water partition coefficient (Wildman–Crippen LogP) is 2.23. The molecule has 37 heavy (non-hydrogen) atoms. The Morgan fingerprint density at radius 2 is 1.86 bits per heavy atom. The molecule has 0 aliphatic rings. The van der Waals surface area contributed by atoms with E-state index in [-0.39, 0.29) is 49.3 Å². The summed E-state index contributed by atoms with van der Waals surface area (Å²) in [7, 11) is 0. The maximum atomic E-state index is 15.8. The van der Waals surface area contributed by atoms with Gasteiger partial charge in [-0.25, -0.2) is 14.2 Å². The van der Waals surface area contributed by atoms with Crippen LogP contribution in [0.25, 0.3) is 32.6 Å². The van der Waals surface area contributed by atoms with Gasteiger partial charge in [-0.1, -0.05) is 29.5 Å². The fraction of sp³-hybridized carbons (Fsp3) is 0.160. The van der Waals surface area contributed by atoms with Crippen molar-refractivity contribution in [2.45, 2.75) is 19.8 Å². The molecular formula is C25H23FLiN5O4S. The van der Waals surface area contributed by atoms with E-state index in [9.17, 15) is 14.4 Å². The normalized spacial score (nSPS) is 10.4. The summed E-state index contributed by atoms with van der Waals surface area (Å²) in [6.07, 6.45) is 1.16. The van der Waals surface area contributed by atoms with Crippen LogP contribution in [-0.4, -0.2) is 39.5 Å². The molecule has 0 unspecified atom stereocenters. The van der Waals surface area contributed by atoms with E-state index in [4.69, 9.17) is 5.11 Å². The minimum Gasteiger partial charge on any atom is -1.00 e. The maximum absolute atomic E-state index is 15.8. The van der Waals surface area contributed by atoms with E-state index in [1.54, 1.807) is 55.6 Å². The summed E-state index contributed by atoms with van der Waals surface area (Å²) >= 11 is 1.14. The van der Waals surface area contributed by atoms with Gasteiger partial charge in [0, 0.05) is 36.0 Å². The zero-order chi connectivity index (χ0) is 25.7. The quantitative estimate of drug-likeness (QED) is 0.266. The number of rotatable bonds is 8. The van der Waals surface area contributed by atoms with Crippen molar-refractivity contribution in [1.29, 1.82) is 0 Å². The molecule has 0 spiro atoms. The standard InChI is InChI=1S/C25H22FN5O4S.Li.H/c1-2-27-24(35)31-25-30-22-21(26)16(13-17(23(22)36-25)18-8-3-4-11-28-18)14-6-5-7-15(12-14)29-19(32)9-10-20(33)34;;/h3-8,11-13H,2,9-10H2,1H3,(H,29,32)(H,33,34)(H2,27,30,31,35);;/q;+1;-1. The summed E-state index contributed by atoms with van der Waals surface area (Å²) < 4.78 is 16.3. The Bertz CT molecular complexity index is 1450. The van der Waals surface area contributed by atoms with Gasteiger partial charge in [-0.2, -0.15) is 0 Å². The number of aromatic nitrogens is 2. The minimum atomic E-state index is -1.07. The van der Waals surface area contributed by atoms with Crippen molar-refractivity contribution in [3.63, 3.8) is 0 Å². The van der Waals surface area contributed by atoms with Crippen molar-refractivity contribution in [3.05, 3.63) is 60.5 Å². The smallest absolute Gasteiger partial charge is 1.00 e. The van der Waals surface area contributed by atoms with Crippen molar-refractivity contribution in [3.8, 4) is 22.4 Å². The number of halogens is 1. The summed E-state index contributed by atoms with van der Waals surface area (Å²) in [5.41, 5.74) is 2.45. The Labute approximate surface area is 229 Å². The SMILES string of the molecule is CCNC(=O)Nc1nc2c(F)c(-c3cccc(NC(=O)CCC(=O)O)c3)cc(-c3ccccn3)c2s1.[H-].[Li+]. The third-order valence-electron chi connectivity index (χ3n) is 5.13. The second kappa shape index (κ2) is 12.5. The molecule has 3 amide bonds. The van der Waals surface area contributed by atoms with Crippen molar-refractivity contribution in [2.24, 2.45) is 0 Å². The number of benzene rings is 2. The van der Waals surface area contributed by atoms with Gasteiger partial charge in [0.1, 0.15) is 5.52 Å². The van der Waals surface area contributed by atoms with E-state index in [1.165, 1.54) is 0 Å². The molecule has 0 aliphatic heterocycles. The monoisotopic (exact) mass is 515 g/mol. The topological polar surface area (TPSA) is 133 Å². The van der Waals surface area contributed by atoms with Crippen molar-refractivity contribution < 1.29 is 44.2 Å². The van der Waals surface area contributed by atoms with E-state index >= 15 is 4.39 Å². The predicted molar refractivity (Wildman–Crippen MR) is 138 cm³/mol. The molecule has 0 fully saturated rings. The van der Waals surface area contributed by atoms with Gasteiger partial charge in [0.25, 0.3) is 0 Å². The number of thiazole rings is 1. The first-order valence-corrected chi connectivity index (χ1v) is 11.9. The summed E-state index contributed by atoms with van der Waals surface area (Å²) in [5.74, 6) is -2.11. The van der Waals surface area contributed by atoms with Crippen molar-refractivity contribution in [1.82, 2.24) is 15.3 Å². The van der Waals surface area contributed by atoms with Gasteiger partial charge in [-0.05, 0) is 42.8 Å². The Morgan fingerprint density at radius 1 is 1.05 bits per heavy atom. The second-order valence-electron chi connectivity index (χ2n) is 7.70. The first-order valence-electron chi connectivity index (χ1n) is 11.1. The zero-order valence-electron chi connectivity index (χ0n) is 21.2. The van der Waals surface area contributed by atoms with Gasteiger partial charge in [0.15, 0.2) is 10.9 Å². The van der Waals surface area contributed by atoms with Crippen LogP contribution in [0.5, 0.6) is 0 Å². The number of aliphatic carboxylic acids is 1.